The lowest BCUT2D eigenvalue weighted by atomic mass is 9.34. The van der Waals surface area contributed by atoms with Crippen molar-refractivity contribution in [3.63, 3.8) is 0 Å². The Morgan fingerprint density at radius 1 is 0.652 bits per heavy atom. The fraction of sp³-hybridized carbons (Fsp3) is 0.140. The standard InChI is InChI=1S/C43H36BNS/c1-27-13-5-8-18-36(27)44(37-19-9-6-14-28(37)2)43-29(3)23-24-33(30(43)4)31-15-11-16-32(25-31)39-26-35-34-17-7-10-21-40(34)46-41-22-12-20-38(45-39)42(35)41/h5-26,38,42H,1-4H3. The second-order valence-corrected chi connectivity index (χ2v) is 13.9. The van der Waals surface area contributed by atoms with Gasteiger partial charge in [0.1, 0.15) is 0 Å². The molecule has 2 unspecified atom stereocenters. The lowest BCUT2D eigenvalue weighted by molar-refractivity contribution is 0.682. The maximum atomic E-state index is 5.34. The second-order valence-electron chi connectivity index (χ2n) is 12.8. The van der Waals surface area contributed by atoms with Gasteiger partial charge in [-0.2, -0.15) is 0 Å². The van der Waals surface area contributed by atoms with Gasteiger partial charge >= 0.3 is 0 Å². The highest BCUT2D eigenvalue weighted by Gasteiger charge is 2.37. The van der Waals surface area contributed by atoms with Crippen molar-refractivity contribution in [3.8, 4) is 11.1 Å². The molecule has 1 nitrogen and oxygen atoms in total. The number of nitrogens with zero attached hydrogens (tertiary/aromatic N) is 1. The molecular formula is C43H36BNS. The van der Waals surface area contributed by atoms with Crippen LogP contribution < -0.4 is 16.4 Å². The lowest BCUT2D eigenvalue weighted by Crippen LogP contribution is -2.55. The number of hydrogen-bond acceptors (Lipinski definition) is 2. The molecule has 2 aliphatic heterocycles. The first kappa shape index (κ1) is 28.8. The molecule has 0 aromatic heterocycles. The average molecular weight is 610 g/mol. The molecule has 5 aromatic rings. The molecule has 46 heavy (non-hydrogen) atoms. The van der Waals surface area contributed by atoms with Crippen LogP contribution in [-0.2, 0) is 0 Å². The fourth-order valence-electron chi connectivity index (χ4n) is 7.73. The van der Waals surface area contributed by atoms with Gasteiger partial charge in [-0.3, -0.25) is 4.99 Å². The van der Waals surface area contributed by atoms with Gasteiger partial charge < -0.3 is 0 Å². The van der Waals surface area contributed by atoms with Crippen LogP contribution in [-0.4, -0.2) is 18.5 Å². The number of rotatable bonds is 5. The molecule has 8 rings (SSSR count). The monoisotopic (exact) mass is 609 g/mol. The first-order valence-electron chi connectivity index (χ1n) is 16.2. The summed E-state index contributed by atoms with van der Waals surface area (Å²) < 4.78 is 0. The van der Waals surface area contributed by atoms with E-state index in [-0.39, 0.29) is 12.8 Å². The summed E-state index contributed by atoms with van der Waals surface area (Å²) in [7, 11) is 0. The van der Waals surface area contributed by atoms with Gasteiger partial charge in [-0.1, -0.05) is 160 Å². The molecule has 222 valence electrons. The summed E-state index contributed by atoms with van der Waals surface area (Å²) in [6.45, 7) is 9.22. The fourth-order valence-corrected chi connectivity index (χ4v) is 8.96. The Kier molecular flexibility index (Phi) is 7.30. The van der Waals surface area contributed by atoms with Crippen LogP contribution in [0.2, 0.25) is 0 Å². The quantitative estimate of drug-likeness (QED) is 0.182. The van der Waals surface area contributed by atoms with Gasteiger partial charge in [0, 0.05) is 16.4 Å². The number of dihydropyridines is 1. The molecule has 0 fully saturated rings. The molecule has 0 saturated carbocycles. The number of aryl methyl sites for hydroxylation is 3. The average Bonchev–Trinajstić information content (AvgIpc) is 3.08. The Labute approximate surface area is 277 Å². The van der Waals surface area contributed by atoms with Gasteiger partial charge in [-0.05, 0) is 78.6 Å². The van der Waals surface area contributed by atoms with Crippen LogP contribution in [0.3, 0.4) is 0 Å². The van der Waals surface area contributed by atoms with Crippen LogP contribution >= 0.6 is 11.8 Å². The molecule has 2 heterocycles. The van der Waals surface area contributed by atoms with E-state index < -0.39 is 0 Å². The largest absolute Gasteiger partial charge is 0.276 e. The number of benzene rings is 5. The van der Waals surface area contributed by atoms with E-state index in [0.717, 1.165) is 5.71 Å². The van der Waals surface area contributed by atoms with Gasteiger partial charge in [0.2, 0.25) is 6.71 Å². The van der Waals surface area contributed by atoms with Crippen molar-refractivity contribution in [1.29, 1.82) is 0 Å². The van der Waals surface area contributed by atoms with E-state index in [2.05, 4.69) is 161 Å². The second kappa shape index (κ2) is 11.6. The summed E-state index contributed by atoms with van der Waals surface area (Å²) in [5.74, 6) is 0.304. The zero-order valence-electron chi connectivity index (χ0n) is 26.8. The number of hydrogen-bond donors (Lipinski definition) is 0. The van der Waals surface area contributed by atoms with Crippen LogP contribution in [0.15, 0.2) is 148 Å². The minimum Gasteiger partial charge on any atom is -0.276 e. The summed E-state index contributed by atoms with van der Waals surface area (Å²) in [6.07, 6.45) is 9.09. The zero-order valence-corrected chi connectivity index (χ0v) is 27.6. The molecular weight excluding hydrogens is 573 g/mol. The molecule has 1 aliphatic carbocycles. The molecule has 3 aliphatic rings. The minimum atomic E-state index is 0.121. The lowest BCUT2D eigenvalue weighted by Gasteiger charge is -2.37. The van der Waals surface area contributed by atoms with Crippen molar-refractivity contribution in [1.82, 2.24) is 0 Å². The van der Waals surface area contributed by atoms with Crippen molar-refractivity contribution in [2.45, 2.75) is 38.6 Å². The van der Waals surface area contributed by atoms with E-state index in [9.17, 15) is 0 Å². The smallest absolute Gasteiger partial charge is 0.242 e. The molecule has 0 bridgehead atoms. The molecule has 0 spiro atoms. The van der Waals surface area contributed by atoms with E-state index in [1.807, 2.05) is 11.8 Å². The molecule has 2 atom stereocenters. The minimum absolute atomic E-state index is 0.121. The third-order valence-corrected chi connectivity index (χ3v) is 11.2. The third kappa shape index (κ3) is 4.86. The van der Waals surface area contributed by atoms with Crippen molar-refractivity contribution in [3.05, 3.63) is 172 Å². The van der Waals surface area contributed by atoms with Gasteiger partial charge in [-0.15, -0.1) is 0 Å². The van der Waals surface area contributed by atoms with Crippen LogP contribution in [0.4, 0.5) is 0 Å². The first-order chi connectivity index (χ1) is 22.5. The highest BCUT2D eigenvalue weighted by atomic mass is 32.2. The number of allylic oxidation sites excluding steroid dienone is 3. The van der Waals surface area contributed by atoms with Gasteiger partial charge in [0.05, 0.1) is 11.8 Å². The van der Waals surface area contributed by atoms with E-state index in [0.29, 0.717) is 5.92 Å². The Bertz CT molecular complexity index is 2100. The Hall–Kier alpha value is -4.60. The van der Waals surface area contributed by atoms with E-state index in [1.54, 1.807) is 0 Å². The topological polar surface area (TPSA) is 12.4 Å². The van der Waals surface area contributed by atoms with E-state index in [1.165, 1.54) is 76.3 Å². The van der Waals surface area contributed by atoms with Gasteiger partial charge in [0.15, 0.2) is 0 Å². The predicted molar refractivity (Wildman–Crippen MR) is 200 cm³/mol. The van der Waals surface area contributed by atoms with Gasteiger partial charge in [-0.25, -0.2) is 0 Å². The summed E-state index contributed by atoms with van der Waals surface area (Å²) >= 11 is 1.90. The van der Waals surface area contributed by atoms with Crippen LogP contribution in [0, 0.1) is 33.6 Å². The Morgan fingerprint density at radius 3 is 2.11 bits per heavy atom. The van der Waals surface area contributed by atoms with Crippen molar-refractivity contribution in [2.75, 3.05) is 0 Å². The van der Waals surface area contributed by atoms with Crippen LogP contribution in [0.1, 0.15) is 33.4 Å². The van der Waals surface area contributed by atoms with Crippen molar-refractivity contribution < 1.29 is 0 Å². The number of fused-ring (bicyclic) bond motifs is 2. The van der Waals surface area contributed by atoms with Gasteiger partial charge in [0.25, 0.3) is 0 Å². The zero-order chi connectivity index (χ0) is 31.4. The first-order valence-corrected chi connectivity index (χ1v) is 17.1. The van der Waals surface area contributed by atoms with Crippen molar-refractivity contribution in [2.24, 2.45) is 10.9 Å². The molecule has 0 N–H and O–H groups in total. The van der Waals surface area contributed by atoms with E-state index >= 15 is 0 Å². The summed E-state index contributed by atoms with van der Waals surface area (Å²) in [6, 6.07) is 40.4. The normalized spacial score (nSPS) is 17.8. The highest BCUT2D eigenvalue weighted by molar-refractivity contribution is 8.03. The maximum absolute atomic E-state index is 5.34. The number of aliphatic imine (C=N–C) groups is 1. The van der Waals surface area contributed by atoms with Crippen LogP contribution in [0.25, 0.3) is 16.7 Å². The Balaban J connectivity index is 1.25. The predicted octanol–water partition coefficient (Wildman–Crippen LogP) is 8.53. The summed E-state index contributed by atoms with van der Waals surface area (Å²) in [5, 5.41) is 0. The molecule has 0 saturated heterocycles. The third-order valence-electron chi connectivity index (χ3n) is 10.0. The maximum Gasteiger partial charge on any atom is 0.242 e. The molecule has 0 radical (unpaired) electrons. The summed E-state index contributed by atoms with van der Waals surface area (Å²) in [4.78, 5) is 8.07. The van der Waals surface area contributed by atoms with Crippen molar-refractivity contribution >= 4 is 46.1 Å². The molecule has 3 heteroatoms. The van der Waals surface area contributed by atoms with E-state index in [4.69, 9.17) is 4.99 Å². The van der Waals surface area contributed by atoms with Crippen LogP contribution in [0.5, 0.6) is 0 Å². The summed E-state index contributed by atoms with van der Waals surface area (Å²) in [5.41, 5.74) is 16.9. The Morgan fingerprint density at radius 2 is 1.35 bits per heavy atom. The number of thioether (sulfide) groups is 1. The SMILES string of the molecule is Cc1ccccc1B(c1ccccc1C)c1c(C)ccc(-c2cccc(C3=NC4C=CC=C5Sc6ccccc6C(=C3)C54)c2)c1C. The molecule has 5 aromatic carbocycles. The highest BCUT2D eigenvalue weighted by Crippen LogP contribution is 2.52. The molecule has 0 amide bonds.